The van der Waals surface area contributed by atoms with Crippen LogP contribution in [-0.2, 0) is 9.53 Å². The van der Waals surface area contributed by atoms with Crippen LogP contribution in [0.1, 0.15) is 11.4 Å². The molecule has 0 spiro atoms. The van der Waals surface area contributed by atoms with Crippen molar-refractivity contribution in [3.05, 3.63) is 64.6 Å². The minimum atomic E-state index is -0.693. The molecule has 0 aliphatic rings. The number of benzene rings is 2. The van der Waals surface area contributed by atoms with Gasteiger partial charge < -0.3 is 19.6 Å². The lowest BCUT2D eigenvalue weighted by Gasteiger charge is -2.08. The summed E-state index contributed by atoms with van der Waals surface area (Å²) >= 11 is 5.93. The number of ether oxygens (including phenoxy) is 2. The minimum Gasteiger partial charge on any atom is -0.507 e. The largest absolute Gasteiger partial charge is 0.507 e. The molecule has 0 saturated carbocycles. The van der Waals surface area contributed by atoms with E-state index in [1.165, 1.54) is 0 Å². The van der Waals surface area contributed by atoms with E-state index in [9.17, 15) is 15.2 Å². The third kappa shape index (κ3) is 4.42. The lowest BCUT2D eigenvalue weighted by atomic mass is 10.2. The highest BCUT2D eigenvalue weighted by Gasteiger charge is 2.15. The molecule has 0 amide bonds. The number of nitrogens with zero attached hydrogens (tertiary/aromatic N) is 2. The second-order valence-electron chi connectivity index (χ2n) is 5.90. The zero-order valence-electron chi connectivity index (χ0n) is 14.9. The summed E-state index contributed by atoms with van der Waals surface area (Å²) in [5.74, 6) is -0.429. The highest BCUT2D eigenvalue weighted by Crippen LogP contribution is 2.21. The molecule has 0 bridgehead atoms. The Morgan fingerprint density at radius 2 is 2.07 bits per heavy atom. The fourth-order valence-electron chi connectivity index (χ4n) is 2.44. The summed E-state index contributed by atoms with van der Waals surface area (Å²) < 4.78 is 10.3. The number of nitriles is 1. The van der Waals surface area contributed by atoms with E-state index in [2.05, 4.69) is 9.97 Å². The number of H-pyrrole nitrogens is 1. The number of aryl methyl sites for hydroxylation is 1. The zero-order valence-corrected chi connectivity index (χ0v) is 15.7. The first-order valence-electron chi connectivity index (χ1n) is 8.30. The van der Waals surface area contributed by atoms with E-state index in [0.29, 0.717) is 16.3 Å². The van der Waals surface area contributed by atoms with Gasteiger partial charge in [0.1, 0.15) is 24.0 Å². The van der Waals surface area contributed by atoms with Crippen molar-refractivity contribution in [2.45, 2.75) is 6.92 Å². The van der Waals surface area contributed by atoms with Crippen molar-refractivity contribution in [3.63, 3.8) is 0 Å². The van der Waals surface area contributed by atoms with Gasteiger partial charge in [-0.3, -0.25) is 0 Å². The number of carbonyl (C=O) groups excluding carboxylic acids is 1. The molecule has 2 N–H and O–H groups in total. The van der Waals surface area contributed by atoms with Crippen molar-refractivity contribution in [2.24, 2.45) is 0 Å². The molecule has 142 valence electrons. The van der Waals surface area contributed by atoms with Gasteiger partial charge in [-0.25, -0.2) is 9.78 Å². The number of esters is 1. The molecule has 0 aliphatic carbocycles. The Bertz CT molecular complexity index is 1070. The molecule has 3 rings (SSSR count). The maximum absolute atomic E-state index is 11.8. The number of halogens is 1. The van der Waals surface area contributed by atoms with Crippen LogP contribution in [0.4, 0.5) is 0 Å². The van der Waals surface area contributed by atoms with Gasteiger partial charge >= 0.3 is 5.97 Å². The predicted octanol–water partition coefficient (Wildman–Crippen LogP) is 3.94. The summed E-state index contributed by atoms with van der Waals surface area (Å²) in [6, 6.07) is 14.1. The molecule has 1 heterocycles. The molecule has 1 aromatic heterocycles. The normalized spacial score (nSPS) is 11.6. The van der Waals surface area contributed by atoms with Crippen molar-refractivity contribution in [1.29, 1.82) is 5.26 Å². The minimum absolute atomic E-state index is 0.0988. The Labute approximate surface area is 165 Å². The third-order valence-electron chi connectivity index (χ3n) is 3.88. The van der Waals surface area contributed by atoms with Gasteiger partial charge in [0.05, 0.1) is 11.0 Å². The van der Waals surface area contributed by atoms with E-state index in [-0.39, 0.29) is 18.0 Å². The standard InChI is InChI=1S/C20H16ClN3O4/c1-12-8-13(6-7-15(12)21)27-11-19(26)28-10-18(25)14(9-22)20-23-16-4-2-3-5-17(16)24-20/h2-8,25H,10-11H2,1H3,(H,23,24)/b18-14-. The third-order valence-corrected chi connectivity index (χ3v) is 4.31. The number of aliphatic hydroxyl groups excluding tert-OH is 1. The second-order valence-corrected chi connectivity index (χ2v) is 6.30. The monoisotopic (exact) mass is 397 g/mol. The number of fused-ring (bicyclic) bond motifs is 1. The molecule has 0 radical (unpaired) electrons. The van der Waals surface area contributed by atoms with Gasteiger partial charge in [0.2, 0.25) is 0 Å². The summed E-state index contributed by atoms with van der Waals surface area (Å²) in [5, 5.41) is 20.1. The number of imidazole rings is 1. The van der Waals surface area contributed by atoms with Crippen LogP contribution in [0, 0.1) is 18.3 Å². The number of aromatic amines is 1. The zero-order chi connectivity index (χ0) is 20.1. The van der Waals surface area contributed by atoms with Crippen molar-refractivity contribution >= 4 is 34.2 Å². The van der Waals surface area contributed by atoms with Crippen LogP contribution in [-0.4, -0.2) is 34.3 Å². The van der Waals surface area contributed by atoms with Gasteiger partial charge in [-0.1, -0.05) is 23.7 Å². The maximum Gasteiger partial charge on any atom is 0.344 e. The van der Waals surface area contributed by atoms with Crippen molar-refractivity contribution < 1.29 is 19.4 Å². The molecule has 0 aliphatic heterocycles. The van der Waals surface area contributed by atoms with Gasteiger partial charge in [0.25, 0.3) is 0 Å². The van der Waals surface area contributed by atoms with Crippen molar-refractivity contribution in [2.75, 3.05) is 13.2 Å². The van der Waals surface area contributed by atoms with E-state index in [0.717, 1.165) is 11.1 Å². The van der Waals surface area contributed by atoms with Crippen LogP contribution >= 0.6 is 11.6 Å². The molecule has 0 atom stereocenters. The Kier molecular flexibility index (Phi) is 5.82. The topological polar surface area (TPSA) is 108 Å². The first-order chi connectivity index (χ1) is 13.5. The maximum atomic E-state index is 11.8. The number of allylic oxidation sites excluding steroid dienone is 1. The van der Waals surface area contributed by atoms with Crippen molar-refractivity contribution in [1.82, 2.24) is 9.97 Å². The van der Waals surface area contributed by atoms with E-state index in [1.807, 2.05) is 25.1 Å². The summed E-state index contributed by atoms with van der Waals surface area (Å²) in [6.07, 6.45) is 0. The molecule has 0 unspecified atom stereocenters. The number of hydrogen-bond donors (Lipinski definition) is 2. The highest BCUT2D eigenvalue weighted by molar-refractivity contribution is 6.31. The number of hydrogen-bond acceptors (Lipinski definition) is 6. The Morgan fingerprint density at radius 1 is 1.29 bits per heavy atom. The van der Waals surface area contributed by atoms with Gasteiger partial charge in [-0.2, -0.15) is 5.26 Å². The van der Waals surface area contributed by atoms with Gasteiger partial charge in [0.15, 0.2) is 18.2 Å². The van der Waals surface area contributed by atoms with Gasteiger partial charge in [-0.15, -0.1) is 0 Å². The van der Waals surface area contributed by atoms with Gasteiger partial charge in [0, 0.05) is 5.02 Å². The number of aromatic nitrogens is 2. The smallest absolute Gasteiger partial charge is 0.344 e. The average molecular weight is 398 g/mol. The van der Waals surface area contributed by atoms with E-state index < -0.39 is 18.3 Å². The number of carbonyl (C=O) groups is 1. The summed E-state index contributed by atoms with van der Waals surface area (Å²) in [7, 11) is 0. The lowest BCUT2D eigenvalue weighted by Crippen LogP contribution is -2.16. The molecular formula is C20H16ClN3O4. The number of para-hydroxylation sites is 2. The quantitative estimate of drug-likeness (QED) is 0.370. The van der Waals surface area contributed by atoms with Crippen molar-refractivity contribution in [3.8, 4) is 11.8 Å². The van der Waals surface area contributed by atoms with Crippen LogP contribution in [0.25, 0.3) is 16.6 Å². The Balaban J connectivity index is 1.62. The first kappa shape index (κ1) is 19.3. The summed E-state index contributed by atoms with van der Waals surface area (Å²) in [5.41, 5.74) is 2.10. The van der Waals surface area contributed by atoms with E-state index in [4.69, 9.17) is 21.1 Å². The molecule has 8 heteroatoms. The number of aliphatic hydroxyl groups is 1. The lowest BCUT2D eigenvalue weighted by molar-refractivity contribution is -0.145. The summed E-state index contributed by atoms with van der Waals surface area (Å²) in [6.45, 7) is 1.00. The molecule has 2 aromatic carbocycles. The molecule has 7 nitrogen and oxygen atoms in total. The van der Waals surface area contributed by atoms with E-state index >= 15 is 0 Å². The fourth-order valence-corrected chi connectivity index (χ4v) is 2.55. The highest BCUT2D eigenvalue weighted by atomic mass is 35.5. The molecule has 0 fully saturated rings. The predicted molar refractivity (Wildman–Crippen MR) is 104 cm³/mol. The van der Waals surface area contributed by atoms with Crippen LogP contribution in [0.2, 0.25) is 5.02 Å². The Hall–Kier alpha value is -3.50. The fraction of sp³-hybridized carbons (Fsp3) is 0.150. The van der Waals surface area contributed by atoms with Crippen LogP contribution in [0.5, 0.6) is 5.75 Å². The first-order valence-corrected chi connectivity index (χ1v) is 8.67. The molecule has 0 saturated heterocycles. The van der Waals surface area contributed by atoms with Crippen LogP contribution < -0.4 is 4.74 Å². The Morgan fingerprint density at radius 3 is 2.79 bits per heavy atom. The molecule has 28 heavy (non-hydrogen) atoms. The summed E-state index contributed by atoms with van der Waals surface area (Å²) in [4.78, 5) is 19.0. The SMILES string of the molecule is Cc1cc(OCC(=O)OC/C(O)=C(\C#N)c2nc3ccccc3[nH]2)ccc1Cl. The molecular weight excluding hydrogens is 382 g/mol. The van der Waals surface area contributed by atoms with Crippen LogP contribution in [0.15, 0.2) is 48.2 Å². The average Bonchev–Trinajstić information content (AvgIpc) is 3.11. The number of nitrogens with one attached hydrogen (secondary N) is 1. The number of rotatable bonds is 6. The van der Waals surface area contributed by atoms with Gasteiger partial charge in [-0.05, 0) is 42.8 Å². The molecule has 3 aromatic rings. The second kappa shape index (κ2) is 8.46. The van der Waals surface area contributed by atoms with Crippen LogP contribution in [0.3, 0.4) is 0 Å². The van der Waals surface area contributed by atoms with E-state index in [1.54, 1.807) is 30.3 Å².